The van der Waals surface area contributed by atoms with Crippen LogP contribution in [0.5, 0.6) is 0 Å². The van der Waals surface area contributed by atoms with Gasteiger partial charge in [0.25, 0.3) is 0 Å². The lowest BCUT2D eigenvalue weighted by atomic mass is 10.0. The molecule has 4 heteroatoms. The minimum atomic E-state index is -2.06. The van der Waals surface area contributed by atoms with Crippen molar-refractivity contribution in [2.24, 2.45) is 5.92 Å². The van der Waals surface area contributed by atoms with E-state index in [0.29, 0.717) is 13.0 Å². The van der Waals surface area contributed by atoms with Crippen molar-refractivity contribution in [3.63, 3.8) is 0 Å². The summed E-state index contributed by atoms with van der Waals surface area (Å²) in [5.41, 5.74) is 1.15. The second-order valence-electron chi connectivity index (χ2n) is 8.43. The Labute approximate surface area is 142 Å². The minimum Gasteiger partial charge on any atom is -0.413 e. The van der Waals surface area contributed by atoms with Gasteiger partial charge in [-0.25, -0.2) is 0 Å². The third-order valence-electron chi connectivity index (χ3n) is 5.74. The van der Waals surface area contributed by atoms with Crippen molar-refractivity contribution in [3.8, 4) is 0 Å². The molecule has 23 heavy (non-hydrogen) atoms. The number of hydrogen-bond donors (Lipinski definition) is 0. The van der Waals surface area contributed by atoms with Crippen LogP contribution in [0.4, 0.5) is 0 Å². The summed E-state index contributed by atoms with van der Waals surface area (Å²) in [5.74, 6) is -0.204. The molecular formula is C19H29NO2Si. The fourth-order valence-electron chi connectivity index (χ4n) is 3.30. The molecule has 1 heterocycles. The maximum atomic E-state index is 12.9. The van der Waals surface area contributed by atoms with Crippen LogP contribution in [0, 0.1) is 5.92 Å². The number of benzene rings is 1. The molecule has 2 aliphatic rings. The number of piperidine rings is 1. The highest BCUT2D eigenvalue weighted by Gasteiger charge is 2.53. The molecule has 0 N–H and O–H groups in total. The van der Waals surface area contributed by atoms with E-state index in [0.717, 1.165) is 12.0 Å². The third kappa shape index (κ3) is 3.11. The Kier molecular flexibility index (Phi) is 3.85. The Morgan fingerprint density at radius 2 is 1.91 bits per heavy atom. The molecule has 1 saturated heterocycles. The molecule has 3 nitrogen and oxygen atoms in total. The smallest absolute Gasteiger partial charge is 0.228 e. The molecule has 0 unspecified atom stereocenters. The van der Waals surface area contributed by atoms with E-state index in [1.165, 1.54) is 0 Å². The van der Waals surface area contributed by atoms with E-state index >= 15 is 0 Å². The lowest BCUT2D eigenvalue weighted by Gasteiger charge is -2.41. The number of likely N-dealkylation sites (tertiary alicyclic amines) is 1. The lowest BCUT2D eigenvalue weighted by Crippen LogP contribution is -2.49. The molecule has 1 aliphatic carbocycles. The largest absolute Gasteiger partial charge is 0.413 e. The van der Waals surface area contributed by atoms with Gasteiger partial charge in [-0.3, -0.25) is 4.79 Å². The molecule has 1 aliphatic heterocycles. The molecule has 3 atom stereocenters. The third-order valence-corrected chi connectivity index (χ3v) is 10.1. The van der Waals surface area contributed by atoms with Crippen LogP contribution in [0.25, 0.3) is 0 Å². The van der Waals surface area contributed by atoms with Crippen molar-refractivity contribution in [1.29, 1.82) is 0 Å². The monoisotopic (exact) mass is 332 g/mol. The van der Waals surface area contributed by atoms with Crippen LogP contribution >= 0.6 is 0 Å². The predicted molar refractivity (Wildman–Crippen MR) is 95.6 cm³/mol. The molecule has 2 fully saturated rings. The molecule has 126 valence electrons. The summed E-state index contributed by atoms with van der Waals surface area (Å²) in [7, 11) is -2.06. The van der Waals surface area contributed by atoms with E-state index < -0.39 is 14.4 Å². The zero-order valence-electron chi connectivity index (χ0n) is 15.9. The highest BCUT2D eigenvalue weighted by Crippen LogP contribution is 2.45. The summed E-state index contributed by atoms with van der Waals surface area (Å²) < 4.78 is 15.3. The first-order valence-electron chi connectivity index (χ1n) is 9.08. The van der Waals surface area contributed by atoms with Crippen LogP contribution in [0.3, 0.4) is 0 Å². The van der Waals surface area contributed by atoms with Crippen LogP contribution in [-0.2, 0) is 15.8 Å². The van der Waals surface area contributed by atoms with Gasteiger partial charge in [0.2, 0.25) is 5.91 Å². The second-order valence-corrected chi connectivity index (χ2v) is 13.2. The number of hydrogen-bond acceptors (Lipinski definition) is 2. The first kappa shape index (κ1) is 15.4. The average Bonchev–Trinajstić information content (AvgIpc) is 2.94. The molecule has 0 radical (unpaired) electrons. The minimum absolute atomic E-state index is 0.0512. The summed E-state index contributed by atoms with van der Waals surface area (Å²) in [6.07, 6.45) is 0.379. The number of rotatable bonds is 4. The molecule has 1 aromatic carbocycles. The van der Waals surface area contributed by atoms with Crippen molar-refractivity contribution in [2.45, 2.75) is 70.4 Å². The van der Waals surface area contributed by atoms with Gasteiger partial charge in [0.15, 0.2) is 8.32 Å². The van der Waals surface area contributed by atoms with Crippen molar-refractivity contribution < 1.29 is 10.6 Å². The predicted octanol–water partition coefficient (Wildman–Crippen LogP) is 4.20. The first-order valence-corrected chi connectivity index (χ1v) is 11.5. The van der Waals surface area contributed by atoms with Crippen LogP contribution in [-0.4, -0.2) is 31.2 Å². The summed E-state index contributed by atoms with van der Waals surface area (Å²) in [6.45, 7) is 11.5. The first-order chi connectivity index (χ1) is 11.0. The number of fused-ring (bicyclic) bond motifs is 2. The Hall–Kier alpha value is -1.13. The normalized spacial score (nSPS) is 31.6. The maximum Gasteiger partial charge on any atom is 0.228 e. The van der Waals surface area contributed by atoms with Gasteiger partial charge in [0, 0.05) is 12.6 Å². The Bertz CT molecular complexity index is 628. The molecule has 1 amide bonds. The van der Waals surface area contributed by atoms with Gasteiger partial charge in [0.05, 0.1) is 13.4 Å². The van der Waals surface area contributed by atoms with Gasteiger partial charge >= 0.3 is 0 Å². The van der Waals surface area contributed by atoms with Crippen LogP contribution in [0.1, 0.15) is 40.5 Å². The fraction of sp³-hybridized carbons (Fsp3) is 0.632. The van der Waals surface area contributed by atoms with Crippen molar-refractivity contribution >= 4 is 14.2 Å². The van der Waals surface area contributed by atoms with Crippen LogP contribution in [0.15, 0.2) is 30.3 Å². The quantitative estimate of drug-likeness (QED) is 0.774. The standard InChI is InChI=1S/C19H29NO2Si/c1-19(2,3)23(4,5)22-17-12-15-11-16(17)18(21)20(15)13-14-9-7-6-8-10-14/h6-10,15-17H,11-13H2,1-5H3/t15-,16+,17+/m0/s1/i17D. The van der Waals surface area contributed by atoms with Gasteiger partial charge in [-0.15, -0.1) is 0 Å². The van der Waals surface area contributed by atoms with Gasteiger partial charge < -0.3 is 9.33 Å². The molecule has 0 spiro atoms. The fourth-order valence-corrected chi connectivity index (χ4v) is 4.49. The number of amides is 1. The summed E-state index contributed by atoms with van der Waals surface area (Å²) in [4.78, 5) is 14.8. The highest BCUT2D eigenvalue weighted by molar-refractivity contribution is 6.74. The SMILES string of the molecule is [2H][C@@]1(O[Si](C)(C)C(C)(C)C)C[C@@H]2C[C@H]1C(=O)N2Cc1ccccc1. The summed E-state index contributed by atoms with van der Waals surface area (Å²) >= 11 is 0. The molecule has 1 saturated carbocycles. The molecule has 0 aromatic heterocycles. The Balaban J connectivity index is 1.74. The Morgan fingerprint density at radius 3 is 2.48 bits per heavy atom. The summed E-state index contributed by atoms with van der Waals surface area (Å²) in [6, 6.07) is 10.2. The lowest BCUT2D eigenvalue weighted by molar-refractivity contribution is -0.138. The van der Waals surface area contributed by atoms with Gasteiger partial charge in [-0.05, 0) is 36.5 Å². The van der Waals surface area contributed by atoms with E-state index in [1.54, 1.807) is 0 Å². The number of carbonyl (C=O) groups is 1. The zero-order valence-corrected chi connectivity index (χ0v) is 15.9. The van der Waals surface area contributed by atoms with Gasteiger partial charge in [0.1, 0.15) is 0 Å². The van der Waals surface area contributed by atoms with Gasteiger partial charge in [-0.2, -0.15) is 0 Å². The van der Waals surface area contributed by atoms with E-state index in [-0.39, 0.29) is 22.9 Å². The van der Waals surface area contributed by atoms with Crippen LogP contribution in [0.2, 0.25) is 18.1 Å². The van der Waals surface area contributed by atoms with Crippen molar-refractivity contribution in [1.82, 2.24) is 4.90 Å². The van der Waals surface area contributed by atoms with E-state index in [9.17, 15) is 4.79 Å². The zero-order chi connectivity index (χ0) is 17.8. The number of carbonyl (C=O) groups excluding carboxylic acids is 1. The molecule has 3 rings (SSSR count). The molecule has 2 bridgehead atoms. The average molecular weight is 333 g/mol. The topological polar surface area (TPSA) is 29.5 Å². The highest BCUT2D eigenvalue weighted by atomic mass is 28.4. The van der Waals surface area contributed by atoms with E-state index in [1.807, 2.05) is 23.1 Å². The molecular weight excluding hydrogens is 302 g/mol. The summed E-state index contributed by atoms with van der Waals surface area (Å²) in [5, 5.41) is 0.0512. The second kappa shape index (κ2) is 5.74. The van der Waals surface area contributed by atoms with Crippen molar-refractivity contribution in [3.05, 3.63) is 35.9 Å². The number of nitrogens with zero attached hydrogens (tertiary/aromatic N) is 1. The maximum absolute atomic E-state index is 12.9. The molecule has 1 aromatic rings. The Morgan fingerprint density at radius 1 is 1.26 bits per heavy atom. The van der Waals surface area contributed by atoms with E-state index in [4.69, 9.17) is 5.80 Å². The van der Waals surface area contributed by atoms with Crippen molar-refractivity contribution in [2.75, 3.05) is 0 Å². The van der Waals surface area contributed by atoms with Crippen LogP contribution < -0.4 is 0 Å². The van der Waals surface area contributed by atoms with E-state index in [2.05, 4.69) is 46.0 Å². The van der Waals surface area contributed by atoms with Gasteiger partial charge in [-0.1, -0.05) is 51.1 Å².